The molecule has 1 fully saturated rings. The van der Waals surface area contributed by atoms with Crippen molar-refractivity contribution in [2.75, 3.05) is 44.2 Å². The van der Waals surface area contributed by atoms with Crippen LogP contribution < -0.4 is 15.5 Å². The summed E-state index contributed by atoms with van der Waals surface area (Å²) in [7, 11) is 0. The first-order valence-electron chi connectivity index (χ1n) is 11.4. The molecule has 2 N–H and O–H groups in total. The maximum atomic E-state index is 13.0. The third-order valence-electron chi connectivity index (χ3n) is 5.96. The number of amides is 2. The molecule has 1 unspecified atom stereocenters. The Kier molecular flexibility index (Phi) is 7.19. The average molecular weight is 451 g/mol. The lowest BCUT2D eigenvalue weighted by Crippen LogP contribution is -2.52. The summed E-state index contributed by atoms with van der Waals surface area (Å²) >= 11 is 0. The molecule has 3 heterocycles. The normalized spacial score (nSPS) is 19.2. The van der Waals surface area contributed by atoms with E-state index in [0.29, 0.717) is 23.8 Å². The Balaban J connectivity index is 1.56. The van der Waals surface area contributed by atoms with E-state index in [2.05, 4.69) is 37.3 Å². The number of aryl methyl sites for hydroxylation is 1. The highest BCUT2D eigenvalue weighted by atomic mass is 16.5. The minimum absolute atomic E-state index is 0.265. The lowest BCUT2D eigenvalue weighted by atomic mass is 9.94. The Morgan fingerprint density at radius 3 is 2.42 bits per heavy atom. The first-order chi connectivity index (χ1) is 16.1. The molecule has 2 amide bonds. The zero-order valence-electron chi connectivity index (χ0n) is 19.1. The van der Waals surface area contributed by atoms with Crippen LogP contribution in [0.1, 0.15) is 31.0 Å². The van der Waals surface area contributed by atoms with Gasteiger partial charge in [-0.25, -0.2) is 19.6 Å². The number of nitrogens with one attached hydrogen (secondary N) is 2. The summed E-state index contributed by atoms with van der Waals surface area (Å²) in [5.41, 5.74) is 3.09. The molecule has 9 nitrogen and oxygen atoms in total. The smallest absolute Gasteiger partial charge is 0.338 e. The van der Waals surface area contributed by atoms with E-state index in [1.807, 2.05) is 24.3 Å². The quantitative estimate of drug-likeness (QED) is 0.623. The standard InChI is InChI=1S/C24H30N6O3/c1-3-17-6-8-18(9-7-17)21-20(22(31)33-4-2)19(27-24(32)28-21)16-29-12-14-30(15-13-29)23-25-10-5-11-26-23/h5-11,21H,3-4,12-16H2,1-2H3,(H2,27,28,32). The highest BCUT2D eigenvalue weighted by Gasteiger charge is 2.34. The van der Waals surface area contributed by atoms with Crippen LogP contribution >= 0.6 is 0 Å². The van der Waals surface area contributed by atoms with Gasteiger partial charge in [0.05, 0.1) is 18.2 Å². The SMILES string of the molecule is CCOC(=O)C1=C(CN2CCN(c3ncccn3)CC2)NC(=O)NC1c1ccc(CC)cc1. The fourth-order valence-corrected chi connectivity index (χ4v) is 4.17. The number of anilines is 1. The van der Waals surface area contributed by atoms with Gasteiger partial charge in [0, 0.05) is 50.8 Å². The molecule has 1 atom stereocenters. The van der Waals surface area contributed by atoms with Gasteiger partial charge in [0.15, 0.2) is 0 Å². The van der Waals surface area contributed by atoms with E-state index in [1.54, 1.807) is 25.4 Å². The van der Waals surface area contributed by atoms with Crippen molar-refractivity contribution in [2.45, 2.75) is 26.3 Å². The molecule has 2 aliphatic heterocycles. The molecule has 1 aromatic carbocycles. The van der Waals surface area contributed by atoms with Crippen LogP contribution in [0, 0.1) is 0 Å². The van der Waals surface area contributed by atoms with Crippen LogP contribution in [-0.2, 0) is 16.0 Å². The van der Waals surface area contributed by atoms with E-state index in [0.717, 1.165) is 38.2 Å². The minimum atomic E-state index is -0.558. The molecular weight excluding hydrogens is 420 g/mol. The summed E-state index contributed by atoms with van der Waals surface area (Å²) < 4.78 is 5.38. The van der Waals surface area contributed by atoms with Crippen LogP contribution in [0.5, 0.6) is 0 Å². The van der Waals surface area contributed by atoms with E-state index in [4.69, 9.17) is 4.74 Å². The number of hydrogen-bond donors (Lipinski definition) is 2. The van der Waals surface area contributed by atoms with Crippen LogP contribution in [-0.4, -0.2) is 66.2 Å². The van der Waals surface area contributed by atoms with E-state index in [-0.39, 0.29) is 12.6 Å². The average Bonchev–Trinajstić information content (AvgIpc) is 2.85. The molecule has 9 heteroatoms. The van der Waals surface area contributed by atoms with Crippen molar-refractivity contribution in [3.05, 3.63) is 65.1 Å². The molecule has 0 spiro atoms. The van der Waals surface area contributed by atoms with Crippen molar-refractivity contribution in [2.24, 2.45) is 0 Å². The van der Waals surface area contributed by atoms with Crippen LogP contribution in [0.4, 0.5) is 10.7 Å². The van der Waals surface area contributed by atoms with Gasteiger partial charge in [0.2, 0.25) is 5.95 Å². The fraction of sp³-hybridized carbons (Fsp3) is 0.417. The molecule has 1 aromatic heterocycles. The summed E-state index contributed by atoms with van der Waals surface area (Å²) in [5, 5.41) is 5.77. The number of carbonyl (C=O) groups excluding carboxylic acids is 2. The Bertz CT molecular complexity index is 1000. The predicted octanol–water partition coefficient (Wildman–Crippen LogP) is 2.03. The second-order valence-electron chi connectivity index (χ2n) is 8.05. The van der Waals surface area contributed by atoms with Crippen LogP contribution in [0.25, 0.3) is 0 Å². The fourth-order valence-electron chi connectivity index (χ4n) is 4.17. The number of nitrogens with zero attached hydrogens (tertiary/aromatic N) is 4. The lowest BCUT2D eigenvalue weighted by molar-refractivity contribution is -0.139. The van der Waals surface area contributed by atoms with Crippen molar-refractivity contribution in [1.29, 1.82) is 0 Å². The van der Waals surface area contributed by atoms with Gasteiger partial charge in [-0.2, -0.15) is 0 Å². The Hall–Kier alpha value is -3.46. The molecule has 0 saturated carbocycles. The van der Waals surface area contributed by atoms with Gasteiger partial charge in [-0.15, -0.1) is 0 Å². The summed E-state index contributed by atoms with van der Waals surface area (Å²) in [6.07, 6.45) is 4.40. The molecule has 4 rings (SSSR count). The predicted molar refractivity (Wildman–Crippen MR) is 125 cm³/mol. The monoisotopic (exact) mass is 450 g/mol. The minimum Gasteiger partial charge on any atom is -0.463 e. The number of ether oxygens (including phenoxy) is 1. The third kappa shape index (κ3) is 5.31. The van der Waals surface area contributed by atoms with E-state index in [9.17, 15) is 9.59 Å². The van der Waals surface area contributed by atoms with Gasteiger partial charge in [-0.3, -0.25) is 4.90 Å². The number of benzene rings is 1. The number of carbonyl (C=O) groups is 2. The number of piperazine rings is 1. The molecule has 0 radical (unpaired) electrons. The van der Waals surface area contributed by atoms with Crippen molar-refractivity contribution < 1.29 is 14.3 Å². The van der Waals surface area contributed by atoms with Crippen molar-refractivity contribution in [3.8, 4) is 0 Å². The van der Waals surface area contributed by atoms with Crippen LogP contribution in [0.3, 0.4) is 0 Å². The zero-order chi connectivity index (χ0) is 23.2. The number of aromatic nitrogens is 2. The molecule has 2 aromatic rings. The summed E-state index contributed by atoms with van der Waals surface area (Å²) in [5.74, 6) is 0.301. The Morgan fingerprint density at radius 1 is 1.09 bits per heavy atom. The second kappa shape index (κ2) is 10.4. The maximum Gasteiger partial charge on any atom is 0.338 e. The van der Waals surface area contributed by atoms with Gasteiger partial charge < -0.3 is 20.3 Å². The van der Waals surface area contributed by atoms with E-state index < -0.39 is 12.0 Å². The molecule has 0 bridgehead atoms. The molecule has 0 aliphatic carbocycles. The molecule has 174 valence electrons. The first-order valence-corrected chi connectivity index (χ1v) is 11.4. The van der Waals surface area contributed by atoms with Gasteiger partial charge in [-0.05, 0) is 30.5 Å². The molecular formula is C24H30N6O3. The summed E-state index contributed by atoms with van der Waals surface area (Å²) in [6, 6.07) is 8.90. The van der Waals surface area contributed by atoms with Gasteiger partial charge in [0.1, 0.15) is 0 Å². The molecule has 33 heavy (non-hydrogen) atoms. The van der Waals surface area contributed by atoms with Crippen LogP contribution in [0.2, 0.25) is 0 Å². The summed E-state index contributed by atoms with van der Waals surface area (Å²) in [6.45, 7) is 7.64. The largest absolute Gasteiger partial charge is 0.463 e. The maximum absolute atomic E-state index is 13.0. The van der Waals surface area contributed by atoms with Gasteiger partial charge in [-0.1, -0.05) is 31.2 Å². The topological polar surface area (TPSA) is 99.7 Å². The number of esters is 1. The second-order valence-corrected chi connectivity index (χ2v) is 8.05. The molecule has 1 saturated heterocycles. The van der Waals surface area contributed by atoms with E-state index in [1.165, 1.54) is 5.56 Å². The Morgan fingerprint density at radius 2 is 1.79 bits per heavy atom. The van der Waals surface area contributed by atoms with Crippen molar-refractivity contribution in [1.82, 2.24) is 25.5 Å². The highest BCUT2D eigenvalue weighted by Crippen LogP contribution is 2.29. The van der Waals surface area contributed by atoms with Crippen molar-refractivity contribution >= 4 is 17.9 Å². The molecule has 2 aliphatic rings. The number of hydrogen-bond acceptors (Lipinski definition) is 7. The Labute approximate surface area is 193 Å². The van der Waals surface area contributed by atoms with Crippen LogP contribution in [0.15, 0.2) is 54.0 Å². The lowest BCUT2D eigenvalue weighted by Gasteiger charge is -2.37. The van der Waals surface area contributed by atoms with E-state index >= 15 is 0 Å². The zero-order valence-corrected chi connectivity index (χ0v) is 19.1. The first kappa shape index (κ1) is 22.7. The number of rotatable bonds is 7. The number of urea groups is 1. The summed E-state index contributed by atoms with van der Waals surface area (Å²) in [4.78, 5) is 38.5. The van der Waals surface area contributed by atoms with Gasteiger partial charge >= 0.3 is 12.0 Å². The van der Waals surface area contributed by atoms with Gasteiger partial charge in [0.25, 0.3) is 0 Å². The highest BCUT2D eigenvalue weighted by molar-refractivity contribution is 5.95. The third-order valence-corrected chi connectivity index (χ3v) is 5.96. The van der Waals surface area contributed by atoms with Crippen molar-refractivity contribution in [3.63, 3.8) is 0 Å².